The molecule has 31 heavy (non-hydrogen) atoms. The van der Waals surface area contributed by atoms with Gasteiger partial charge in [-0.3, -0.25) is 9.59 Å². The molecule has 3 fully saturated rings. The Kier molecular flexibility index (Phi) is 5.24. The minimum Gasteiger partial charge on any atom is -0.342 e. The maximum absolute atomic E-state index is 12.9. The van der Waals surface area contributed by atoms with Gasteiger partial charge in [0, 0.05) is 55.5 Å². The van der Waals surface area contributed by atoms with Gasteiger partial charge in [-0.05, 0) is 43.4 Å². The molecule has 1 aromatic heterocycles. The number of piperidine rings is 1. The summed E-state index contributed by atoms with van der Waals surface area (Å²) in [5.41, 5.74) is 0.898. The lowest BCUT2D eigenvalue weighted by Gasteiger charge is -2.42. The van der Waals surface area contributed by atoms with E-state index in [1.807, 2.05) is 40.8 Å². The summed E-state index contributed by atoms with van der Waals surface area (Å²) in [5.74, 6) is 1.76. The van der Waals surface area contributed by atoms with Crippen molar-refractivity contribution in [1.29, 1.82) is 0 Å². The van der Waals surface area contributed by atoms with Crippen LogP contribution in [0.1, 0.15) is 43.0 Å². The fourth-order valence-corrected chi connectivity index (χ4v) is 5.54. The molecule has 3 aliphatic rings. The Labute approximate surface area is 187 Å². The zero-order chi connectivity index (χ0) is 21.6. The number of carbonyl (C=O) groups excluding carboxylic acids is 2. The Morgan fingerprint density at radius 2 is 1.97 bits per heavy atom. The Hall–Kier alpha value is -2.41. The first-order chi connectivity index (χ1) is 14.9. The lowest BCUT2D eigenvalue weighted by Crippen LogP contribution is -2.47. The zero-order valence-electron chi connectivity index (χ0n) is 17.8. The summed E-state index contributed by atoms with van der Waals surface area (Å²) < 4.78 is 1.98. The second kappa shape index (κ2) is 7.93. The summed E-state index contributed by atoms with van der Waals surface area (Å²) >= 11 is 6.07. The molecule has 2 aliphatic heterocycles. The Morgan fingerprint density at radius 3 is 2.61 bits per heavy atom. The first kappa shape index (κ1) is 20.5. The number of carbonyl (C=O) groups is 2. The molecule has 1 unspecified atom stereocenters. The van der Waals surface area contributed by atoms with Crippen molar-refractivity contribution in [2.24, 2.45) is 18.4 Å². The molecule has 8 heteroatoms. The van der Waals surface area contributed by atoms with Crippen molar-refractivity contribution >= 4 is 23.4 Å². The van der Waals surface area contributed by atoms with Crippen molar-refractivity contribution in [2.45, 2.75) is 38.0 Å². The molecule has 0 bridgehead atoms. The predicted molar refractivity (Wildman–Crippen MR) is 116 cm³/mol. The molecule has 2 saturated heterocycles. The van der Waals surface area contributed by atoms with Crippen molar-refractivity contribution in [3.05, 3.63) is 47.0 Å². The van der Waals surface area contributed by atoms with Gasteiger partial charge in [-0.2, -0.15) is 0 Å². The molecule has 164 valence electrons. The molecule has 1 aliphatic carbocycles. The number of amides is 2. The normalized spacial score (nSPS) is 22.8. The van der Waals surface area contributed by atoms with E-state index in [9.17, 15) is 9.59 Å². The first-order valence-electron chi connectivity index (χ1n) is 11.1. The molecular formula is C23H28ClN5O2. The third-order valence-electron chi connectivity index (χ3n) is 7.30. The second-order valence-electron chi connectivity index (χ2n) is 9.40. The van der Waals surface area contributed by atoms with E-state index < -0.39 is 0 Å². The smallest absolute Gasteiger partial charge is 0.226 e. The number of rotatable bonds is 4. The van der Waals surface area contributed by atoms with E-state index in [0.29, 0.717) is 37.0 Å². The van der Waals surface area contributed by atoms with Crippen molar-refractivity contribution < 1.29 is 9.59 Å². The van der Waals surface area contributed by atoms with Gasteiger partial charge in [0.2, 0.25) is 11.8 Å². The van der Waals surface area contributed by atoms with Crippen LogP contribution in [0.15, 0.2) is 30.6 Å². The molecule has 0 N–H and O–H groups in total. The zero-order valence-corrected chi connectivity index (χ0v) is 18.6. The highest BCUT2D eigenvalue weighted by Gasteiger charge is 2.53. The number of aromatic nitrogens is 3. The number of nitrogens with zero attached hydrogens (tertiary/aromatic N) is 5. The summed E-state index contributed by atoms with van der Waals surface area (Å²) in [6.45, 7) is 2.88. The minimum atomic E-state index is -0.0435. The van der Waals surface area contributed by atoms with Gasteiger partial charge < -0.3 is 14.4 Å². The molecule has 2 amide bonds. The molecule has 1 atom stereocenters. The maximum atomic E-state index is 12.9. The van der Waals surface area contributed by atoms with E-state index in [1.54, 1.807) is 6.33 Å². The molecule has 3 heterocycles. The largest absolute Gasteiger partial charge is 0.342 e. The third-order valence-corrected chi connectivity index (χ3v) is 7.54. The highest BCUT2D eigenvalue weighted by atomic mass is 35.5. The van der Waals surface area contributed by atoms with Crippen LogP contribution in [0.4, 0.5) is 0 Å². The summed E-state index contributed by atoms with van der Waals surface area (Å²) in [6, 6.07) is 7.50. The second-order valence-corrected chi connectivity index (χ2v) is 9.83. The standard InChI is InChI=1S/C23H28ClN5O2/c1-27-15-25-26-21(27)19-13-29(22(31)17-5-6-17)14-23(19)7-9-28(10-8-23)20(30)12-16-3-2-4-18(24)11-16/h2-4,11,15,17,19H,5-10,12-14H2,1H3. The summed E-state index contributed by atoms with van der Waals surface area (Å²) in [5, 5.41) is 9.15. The first-order valence-corrected chi connectivity index (χ1v) is 11.5. The monoisotopic (exact) mass is 441 g/mol. The van der Waals surface area contributed by atoms with E-state index >= 15 is 0 Å². The molecule has 7 nitrogen and oxygen atoms in total. The van der Waals surface area contributed by atoms with Crippen molar-refractivity contribution in [3.8, 4) is 0 Å². The van der Waals surface area contributed by atoms with Gasteiger partial charge in [0.15, 0.2) is 0 Å². The van der Waals surface area contributed by atoms with Crippen LogP contribution < -0.4 is 0 Å². The predicted octanol–water partition coefficient (Wildman–Crippen LogP) is 2.66. The van der Waals surface area contributed by atoms with Gasteiger partial charge in [-0.15, -0.1) is 10.2 Å². The SMILES string of the molecule is Cn1cnnc1C1CN(C(=O)C2CC2)CC12CCN(C(=O)Cc1cccc(Cl)c1)CC2. The topological polar surface area (TPSA) is 71.3 Å². The van der Waals surface area contributed by atoms with Crippen LogP contribution in [0.5, 0.6) is 0 Å². The molecule has 1 saturated carbocycles. The molecule has 2 aromatic rings. The minimum absolute atomic E-state index is 0.0435. The van der Waals surface area contributed by atoms with Gasteiger partial charge >= 0.3 is 0 Å². The van der Waals surface area contributed by atoms with Crippen LogP contribution in [0.3, 0.4) is 0 Å². The number of hydrogen-bond donors (Lipinski definition) is 0. The molecule has 1 aromatic carbocycles. The molecular weight excluding hydrogens is 414 g/mol. The van der Waals surface area contributed by atoms with Gasteiger partial charge in [-0.25, -0.2) is 0 Å². The van der Waals surface area contributed by atoms with Crippen LogP contribution in [0, 0.1) is 11.3 Å². The van der Waals surface area contributed by atoms with Gasteiger partial charge in [0.25, 0.3) is 0 Å². The lowest BCUT2D eigenvalue weighted by molar-refractivity contribution is -0.134. The van der Waals surface area contributed by atoms with Crippen molar-refractivity contribution in [1.82, 2.24) is 24.6 Å². The van der Waals surface area contributed by atoms with Crippen molar-refractivity contribution in [2.75, 3.05) is 26.2 Å². The van der Waals surface area contributed by atoms with Gasteiger partial charge in [0.05, 0.1) is 6.42 Å². The van der Waals surface area contributed by atoms with Crippen molar-refractivity contribution in [3.63, 3.8) is 0 Å². The third kappa shape index (κ3) is 3.95. The highest BCUT2D eigenvalue weighted by Crippen LogP contribution is 2.50. The fraction of sp³-hybridized carbons (Fsp3) is 0.565. The van der Waals surface area contributed by atoms with E-state index in [2.05, 4.69) is 15.1 Å². The Bertz CT molecular complexity index is 993. The Morgan fingerprint density at radius 1 is 1.19 bits per heavy atom. The van der Waals surface area contributed by atoms with E-state index in [-0.39, 0.29) is 23.2 Å². The van der Waals surface area contributed by atoms with Crippen LogP contribution in [0.25, 0.3) is 0 Å². The average molecular weight is 442 g/mol. The van der Waals surface area contributed by atoms with Crippen LogP contribution >= 0.6 is 11.6 Å². The molecule has 1 spiro atoms. The summed E-state index contributed by atoms with van der Waals surface area (Å²) in [7, 11) is 1.97. The number of aryl methyl sites for hydroxylation is 1. The van der Waals surface area contributed by atoms with E-state index in [0.717, 1.165) is 43.6 Å². The maximum Gasteiger partial charge on any atom is 0.226 e. The van der Waals surface area contributed by atoms with Crippen LogP contribution in [0.2, 0.25) is 5.02 Å². The van der Waals surface area contributed by atoms with Gasteiger partial charge in [-0.1, -0.05) is 23.7 Å². The fourth-order valence-electron chi connectivity index (χ4n) is 5.33. The van der Waals surface area contributed by atoms with Gasteiger partial charge in [0.1, 0.15) is 12.2 Å². The van der Waals surface area contributed by atoms with E-state index in [4.69, 9.17) is 11.6 Å². The summed E-state index contributed by atoms with van der Waals surface area (Å²) in [4.78, 5) is 29.8. The van der Waals surface area contributed by atoms with Crippen LogP contribution in [-0.2, 0) is 23.1 Å². The summed E-state index contributed by atoms with van der Waals surface area (Å²) in [6.07, 6.45) is 5.89. The number of halogens is 1. The molecule has 0 radical (unpaired) electrons. The number of likely N-dealkylation sites (tertiary alicyclic amines) is 2. The lowest BCUT2D eigenvalue weighted by atomic mass is 9.70. The Balaban J connectivity index is 1.31. The average Bonchev–Trinajstić information content (AvgIpc) is 3.43. The number of hydrogen-bond acceptors (Lipinski definition) is 4. The van der Waals surface area contributed by atoms with E-state index in [1.165, 1.54) is 0 Å². The highest BCUT2D eigenvalue weighted by molar-refractivity contribution is 6.30. The quantitative estimate of drug-likeness (QED) is 0.731. The molecule has 5 rings (SSSR count). The van der Waals surface area contributed by atoms with Crippen LogP contribution in [-0.4, -0.2) is 62.6 Å². The number of benzene rings is 1.